The van der Waals surface area contributed by atoms with E-state index in [4.69, 9.17) is 4.74 Å². The van der Waals surface area contributed by atoms with Crippen molar-refractivity contribution in [1.29, 1.82) is 0 Å². The van der Waals surface area contributed by atoms with Crippen molar-refractivity contribution in [2.24, 2.45) is 5.92 Å². The van der Waals surface area contributed by atoms with Gasteiger partial charge in [-0.1, -0.05) is 26.0 Å². The van der Waals surface area contributed by atoms with E-state index in [1.807, 2.05) is 24.3 Å². The first-order valence-electron chi connectivity index (χ1n) is 7.33. The van der Waals surface area contributed by atoms with Gasteiger partial charge in [-0.15, -0.1) is 11.3 Å². The molecule has 0 aliphatic rings. The summed E-state index contributed by atoms with van der Waals surface area (Å²) in [5, 5.41) is 6.57. The van der Waals surface area contributed by atoms with Crippen LogP contribution >= 0.6 is 11.3 Å². The van der Waals surface area contributed by atoms with Gasteiger partial charge in [-0.2, -0.15) is 0 Å². The summed E-state index contributed by atoms with van der Waals surface area (Å²) in [5.41, 5.74) is 2.11. The molecule has 1 aromatic carbocycles. The lowest BCUT2D eigenvalue weighted by Crippen LogP contribution is -2.06. The van der Waals surface area contributed by atoms with Crippen LogP contribution in [0.2, 0.25) is 0 Å². The van der Waals surface area contributed by atoms with Gasteiger partial charge in [0.25, 0.3) is 0 Å². The normalized spacial score (nSPS) is 11.1. The summed E-state index contributed by atoms with van der Waals surface area (Å²) in [6.45, 7) is 7.04. The smallest absolute Gasteiger partial charge is 0.142 e. The van der Waals surface area contributed by atoms with Crippen molar-refractivity contribution in [2.45, 2.75) is 20.8 Å². The predicted octanol–water partition coefficient (Wildman–Crippen LogP) is 4.78. The number of aryl methyl sites for hydroxylation is 1. The number of fused-ring (bicyclic) bond motifs is 1. The van der Waals surface area contributed by atoms with Gasteiger partial charge < -0.3 is 10.1 Å². The number of nitrogens with one attached hydrogen (secondary N) is 1. The highest BCUT2D eigenvalue weighted by molar-refractivity contribution is 7.17. The molecule has 0 aliphatic carbocycles. The Labute approximate surface area is 134 Å². The number of para-hydroxylation sites is 2. The number of benzene rings is 1. The maximum absolute atomic E-state index is 5.89. The number of hydrogen-bond donors (Lipinski definition) is 1. The molecule has 114 valence electrons. The first-order chi connectivity index (χ1) is 10.6. The summed E-state index contributed by atoms with van der Waals surface area (Å²) in [5.74, 6) is 2.15. The molecule has 5 heteroatoms. The average Bonchev–Trinajstić information content (AvgIpc) is 2.89. The van der Waals surface area contributed by atoms with Crippen LogP contribution in [-0.4, -0.2) is 16.6 Å². The molecule has 0 spiro atoms. The highest BCUT2D eigenvalue weighted by Crippen LogP contribution is 2.33. The SMILES string of the molecule is Cc1csc2ncnc(Nc3ccccc3OCC(C)C)c12. The van der Waals surface area contributed by atoms with Gasteiger partial charge in [0, 0.05) is 0 Å². The van der Waals surface area contributed by atoms with Crippen LogP contribution in [0.15, 0.2) is 36.0 Å². The molecule has 3 aromatic rings. The molecule has 0 saturated heterocycles. The minimum absolute atomic E-state index is 0.484. The summed E-state index contributed by atoms with van der Waals surface area (Å²) < 4.78 is 5.89. The molecule has 0 bridgehead atoms. The molecular formula is C17H19N3OS. The quantitative estimate of drug-likeness (QED) is 0.736. The lowest BCUT2D eigenvalue weighted by molar-refractivity contribution is 0.272. The fourth-order valence-electron chi connectivity index (χ4n) is 2.19. The maximum Gasteiger partial charge on any atom is 0.142 e. The molecule has 2 heterocycles. The Balaban J connectivity index is 1.93. The van der Waals surface area contributed by atoms with Crippen molar-refractivity contribution in [3.8, 4) is 5.75 Å². The molecule has 0 radical (unpaired) electrons. The van der Waals surface area contributed by atoms with E-state index in [0.717, 1.165) is 27.5 Å². The van der Waals surface area contributed by atoms with Gasteiger partial charge in [0.2, 0.25) is 0 Å². The van der Waals surface area contributed by atoms with Crippen molar-refractivity contribution in [2.75, 3.05) is 11.9 Å². The minimum atomic E-state index is 0.484. The maximum atomic E-state index is 5.89. The number of rotatable bonds is 5. The number of hydrogen-bond acceptors (Lipinski definition) is 5. The second-order valence-corrected chi connectivity index (χ2v) is 6.51. The van der Waals surface area contributed by atoms with E-state index in [9.17, 15) is 0 Å². The zero-order valence-electron chi connectivity index (χ0n) is 13.0. The first-order valence-corrected chi connectivity index (χ1v) is 8.20. The van der Waals surface area contributed by atoms with E-state index < -0.39 is 0 Å². The fourth-order valence-corrected chi connectivity index (χ4v) is 3.08. The number of thiophene rings is 1. The van der Waals surface area contributed by atoms with Gasteiger partial charge in [0.05, 0.1) is 17.7 Å². The highest BCUT2D eigenvalue weighted by Gasteiger charge is 2.11. The average molecular weight is 313 g/mol. The van der Waals surface area contributed by atoms with Gasteiger partial charge in [-0.3, -0.25) is 0 Å². The van der Waals surface area contributed by atoms with Crippen LogP contribution in [-0.2, 0) is 0 Å². The van der Waals surface area contributed by atoms with Gasteiger partial charge in [0.1, 0.15) is 22.7 Å². The molecule has 4 nitrogen and oxygen atoms in total. The van der Waals surface area contributed by atoms with Crippen molar-refractivity contribution in [1.82, 2.24) is 9.97 Å². The Morgan fingerprint density at radius 2 is 2.05 bits per heavy atom. The zero-order chi connectivity index (χ0) is 15.5. The van der Waals surface area contributed by atoms with Crippen molar-refractivity contribution >= 4 is 33.1 Å². The van der Waals surface area contributed by atoms with Gasteiger partial charge in [-0.05, 0) is 35.9 Å². The Hall–Kier alpha value is -2.14. The molecule has 0 atom stereocenters. The minimum Gasteiger partial charge on any atom is -0.491 e. The molecule has 3 rings (SSSR count). The molecule has 0 saturated carbocycles. The van der Waals surface area contributed by atoms with E-state index in [-0.39, 0.29) is 0 Å². The van der Waals surface area contributed by atoms with Crippen LogP contribution in [0, 0.1) is 12.8 Å². The zero-order valence-corrected chi connectivity index (χ0v) is 13.8. The molecule has 1 N–H and O–H groups in total. The van der Waals surface area contributed by atoms with E-state index >= 15 is 0 Å². The largest absolute Gasteiger partial charge is 0.491 e. The summed E-state index contributed by atoms with van der Waals surface area (Å²) >= 11 is 1.63. The second-order valence-electron chi connectivity index (χ2n) is 5.65. The third-order valence-electron chi connectivity index (χ3n) is 3.27. The van der Waals surface area contributed by atoms with Crippen LogP contribution in [0.4, 0.5) is 11.5 Å². The Bertz CT molecular complexity index is 782. The highest BCUT2D eigenvalue weighted by atomic mass is 32.1. The molecule has 0 aliphatic heterocycles. The van der Waals surface area contributed by atoms with E-state index in [1.165, 1.54) is 5.56 Å². The van der Waals surface area contributed by atoms with E-state index in [1.54, 1.807) is 17.7 Å². The molecule has 22 heavy (non-hydrogen) atoms. The van der Waals surface area contributed by atoms with E-state index in [2.05, 4.69) is 41.4 Å². The molecular weight excluding hydrogens is 294 g/mol. The summed E-state index contributed by atoms with van der Waals surface area (Å²) in [7, 11) is 0. The van der Waals surface area contributed by atoms with Gasteiger partial charge in [-0.25, -0.2) is 9.97 Å². The topological polar surface area (TPSA) is 47.0 Å². The van der Waals surface area contributed by atoms with Gasteiger partial charge in [0.15, 0.2) is 0 Å². The third-order valence-corrected chi connectivity index (χ3v) is 4.27. The monoisotopic (exact) mass is 313 g/mol. The van der Waals surface area contributed by atoms with Crippen LogP contribution in [0.25, 0.3) is 10.2 Å². The van der Waals surface area contributed by atoms with Crippen LogP contribution in [0.1, 0.15) is 19.4 Å². The molecule has 2 aromatic heterocycles. The van der Waals surface area contributed by atoms with Crippen molar-refractivity contribution in [3.63, 3.8) is 0 Å². The molecule has 0 fully saturated rings. The Morgan fingerprint density at radius 1 is 1.23 bits per heavy atom. The number of ether oxygens (including phenoxy) is 1. The van der Waals surface area contributed by atoms with Crippen LogP contribution in [0.5, 0.6) is 5.75 Å². The Morgan fingerprint density at radius 3 is 2.86 bits per heavy atom. The summed E-state index contributed by atoms with van der Waals surface area (Å²) in [6, 6.07) is 7.95. The summed E-state index contributed by atoms with van der Waals surface area (Å²) in [6.07, 6.45) is 1.60. The Kier molecular flexibility index (Phi) is 4.24. The van der Waals surface area contributed by atoms with Crippen LogP contribution in [0.3, 0.4) is 0 Å². The van der Waals surface area contributed by atoms with Gasteiger partial charge >= 0.3 is 0 Å². The molecule has 0 unspecified atom stereocenters. The number of anilines is 2. The van der Waals surface area contributed by atoms with Crippen LogP contribution < -0.4 is 10.1 Å². The number of nitrogens with zero attached hydrogens (tertiary/aromatic N) is 2. The lowest BCUT2D eigenvalue weighted by atomic mass is 10.2. The first kappa shape index (κ1) is 14.8. The standard InChI is InChI=1S/C17H19N3OS/c1-11(2)8-21-14-7-5-4-6-13(14)20-16-15-12(3)9-22-17(15)19-10-18-16/h4-7,9-11H,8H2,1-3H3,(H,18,19,20). The predicted molar refractivity (Wildman–Crippen MR) is 92.2 cm³/mol. The lowest BCUT2D eigenvalue weighted by Gasteiger charge is -2.14. The number of aromatic nitrogens is 2. The third kappa shape index (κ3) is 3.04. The van der Waals surface area contributed by atoms with Crippen molar-refractivity contribution in [3.05, 3.63) is 41.5 Å². The second kappa shape index (κ2) is 6.32. The molecule has 0 amide bonds. The fraction of sp³-hybridized carbons (Fsp3) is 0.294. The van der Waals surface area contributed by atoms with Crippen molar-refractivity contribution < 1.29 is 4.74 Å². The van der Waals surface area contributed by atoms with E-state index in [0.29, 0.717) is 12.5 Å². The summed E-state index contributed by atoms with van der Waals surface area (Å²) in [4.78, 5) is 9.72.